The maximum Gasteiger partial charge on any atom is 0.516 e. The van der Waals surface area contributed by atoms with E-state index in [1.807, 2.05) is 26.4 Å². The van der Waals surface area contributed by atoms with Gasteiger partial charge >= 0.3 is 12.1 Å². The van der Waals surface area contributed by atoms with Gasteiger partial charge in [0.15, 0.2) is 0 Å². The number of hydrogen-bond donors (Lipinski definition) is 1. The Morgan fingerprint density at radius 2 is 2.00 bits per heavy atom. The number of benzene rings is 1. The van der Waals surface area contributed by atoms with Crippen LogP contribution < -0.4 is 4.74 Å². The van der Waals surface area contributed by atoms with Gasteiger partial charge in [0.2, 0.25) is 6.79 Å². The van der Waals surface area contributed by atoms with Crippen molar-refractivity contribution in [3.63, 3.8) is 0 Å². The van der Waals surface area contributed by atoms with Gasteiger partial charge in [-0.2, -0.15) is 0 Å². The molecule has 0 spiro atoms. The fourth-order valence-electron chi connectivity index (χ4n) is 2.13. The molecule has 0 fully saturated rings. The topological polar surface area (TPSA) is 80.9 Å². The summed E-state index contributed by atoms with van der Waals surface area (Å²) < 4.78 is 14.5. The van der Waals surface area contributed by atoms with Crippen LogP contribution in [0.1, 0.15) is 12.5 Å². The van der Waals surface area contributed by atoms with Crippen molar-refractivity contribution in [3.05, 3.63) is 30.0 Å². The van der Waals surface area contributed by atoms with E-state index in [1.165, 1.54) is 6.92 Å². The Morgan fingerprint density at radius 1 is 1.22 bits per heavy atom. The number of likely N-dealkylation sites (N-methyl/N-ethyl adjacent to an activating group) is 1. The first-order valence-electron chi connectivity index (χ1n) is 7.19. The second kappa shape index (κ2) is 7.64. The van der Waals surface area contributed by atoms with E-state index >= 15 is 0 Å². The van der Waals surface area contributed by atoms with Crippen molar-refractivity contribution in [1.29, 1.82) is 0 Å². The van der Waals surface area contributed by atoms with Crippen LogP contribution in [0.15, 0.2) is 24.4 Å². The second-order valence-corrected chi connectivity index (χ2v) is 5.30. The van der Waals surface area contributed by atoms with Crippen molar-refractivity contribution in [1.82, 2.24) is 9.88 Å². The predicted molar refractivity (Wildman–Crippen MR) is 84.3 cm³/mol. The number of H-pyrrole nitrogens is 1. The van der Waals surface area contributed by atoms with Gasteiger partial charge in [-0.15, -0.1) is 0 Å². The van der Waals surface area contributed by atoms with Crippen molar-refractivity contribution in [2.24, 2.45) is 0 Å². The van der Waals surface area contributed by atoms with Gasteiger partial charge in [-0.1, -0.05) is 6.07 Å². The molecule has 1 N–H and O–H groups in total. The van der Waals surface area contributed by atoms with Crippen molar-refractivity contribution in [3.8, 4) is 5.75 Å². The third-order valence-electron chi connectivity index (χ3n) is 3.21. The Hall–Kier alpha value is -2.54. The third kappa shape index (κ3) is 4.72. The van der Waals surface area contributed by atoms with Gasteiger partial charge in [0.25, 0.3) is 0 Å². The first-order valence-corrected chi connectivity index (χ1v) is 7.19. The van der Waals surface area contributed by atoms with Gasteiger partial charge in [0.1, 0.15) is 5.75 Å². The van der Waals surface area contributed by atoms with Crippen LogP contribution in [0.5, 0.6) is 5.75 Å². The zero-order valence-electron chi connectivity index (χ0n) is 13.4. The Labute approximate surface area is 134 Å². The summed E-state index contributed by atoms with van der Waals surface area (Å²) in [7, 11) is 4.00. The van der Waals surface area contributed by atoms with E-state index in [1.54, 1.807) is 12.1 Å². The van der Waals surface area contributed by atoms with E-state index in [0.717, 1.165) is 29.4 Å². The van der Waals surface area contributed by atoms with Crippen molar-refractivity contribution in [2.45, 2.75) is 13.3 Å². The molecule has 124 valence electrons. The fourth-order valence-corrected chi connectivity index (χ4v) is 2.13. The summed E-state index contributed by atoms with van der Waals surface area (Å²) in [5.41, 5.74) is 1.93. The average molecular weight is 320 g/mol. The number of carbonyl (C=O) groups excluding carboxylic acids is 2. The summed E-state index contributed by atoms with van der Waals surface area (Å²) in [4.78, 5) is 27.6. The molecule has 1 heterocycles. The zero-order chi connectivity index (χ0) is 16.8. The molecule has 7 nitrogen and oxygen atoms in total. The molecular formula is C16H20N2O5. The minimum Gasteiger partial charge on any atom is -0.428 e. The molecule has 0 saturated heterocycles. The minimum absolute atomic E-state index is 0.408. The fraction of sp³-hybridized carbons (Fsp3) is 0.375. The molecule has 7 heteroatoms. The standard InChI is InChI=1S/C16H20N2O5/c1-11(19)21-10-22-16(20)23-14-6-4-5-13-15(14)12(9-17-13)7-8-18(2)3/h4-6,9,17H,7-8,10H2,1-3H3. The predicted octanol–water partition coefficient (Wildman–Crippen LogP) is 2.31. The van der Waals surface area contributed by atoms with Gasteiger partial charge in [0.05, 0.1) is 0 Å². The lowest BCUT2D eigenvalue weighted by Crippen LogP contribution is -2.16. The molecule has 0 atom stereocenters. The van der Waals surface area contributed by atoms with Crippen LogP contribution in [0.3, 0.4) is 0 Å². The van der Waals surface area contributed by atoms with E-state index in [9.17, 15) is 9.59 Å². The molecule has 0 aliphatic rings. The number of nitrogens with one attached hydrogen (secondary N) is 1. The highest BCUT2D eigenvalue weighted by molar-refractivity contribution is 5.90. The Bertz CT molecular complexity index is 693. The summed E-state index contributed by atoms with van der Waals surface area (Å²) in [6.45, 7) is 1.63. The molecule has 0 aliphatic heterocycles. The third-order valence-corrected chi connectivity index (χ3v) is 3.21. The van der Waals surface area contributed by atoms with Gasteiger partial charge in [-0.05, 0) is 38.2 Å². The summed E-state index contributed by atoms with van der Waals surface area (Å²) in [5, 5.41) is 0.846. The largest absolute Gasteiger partial charge is 0.516 e. The molecule has 23 heavy (non-hydrogen) atoms. The molecule has 1 aromatic carbocycles. The first kappa shape index (κ1) is 16.8. The number of ether oxygens (including phenoxy) is 3. The average Bonchev–Trinajstić information content (AvgIpc) is 2.89. The summed E-state index contributed by atoms with van der Waals surface area (Å²) in [6.07, 6.45) is 1.81. The van der Waals surface area contributed by atoms with Gasteiger partial charge in [-0.25, -0.2) is 4.79 Å². The Kier molecular flexibility index (Phi) is 5.59. The molecule has 0 aliphatic carbocycles. The van der Waals surface area contributed by atoms with E-state index in [0.29, 0.717) is 5.75 Å². The maximum atomic E-state index is 11.7. The lowest BCUT2D eigenvalue weighted by molar-refractivity contribution is -0.149. The summed E-state index contributed by atoms with van der Waals surface area (Å²) in [5.74, 6) is -0.123. The highest BCUT2D eigenvalue weighted by Crippen LogP contribution is 2.29. The Balaban J connectivity index is 2.11. The van der Waals surface area contributed by atoms with Crippen LogP contribution in [0.25, 0.3) is 10.9 Å². The smallest absolute Gasteiger partial charge is 0.428 e. The summed E-state index contributed by atoms with van der Waals surface area (Å²) >= 11 is 0. The lowest BCUT2D eigenvalue weighted by Gasteiger charge is -2.10. The molecular weight excluding hydrogens is 300 g/mol. The monoisotopic (exact) mass is 320 g/mol. The quantitative estimate of drug-likeness (QED) is 0.500. The normalized spacial score (nSPS) is 10.8. The maximum absolute atomic E-state index is 11.7. The molecule has 1 aromatic heterocycles. The van der Waals surface area contributed by atoms with Crippen LogP contribution in [0, 0.1) is 0 Å². The lowest BCUT2D eigenvalue weighted by atomic mass is 10.1. The molecule has 0 bridgehead atoms. The van der Waals surface area contributed by atoms with E-state index in [4.69, 9.17) is 9.47 Å². The van der Waals surface area contributed by atoms with Crippen molar-refractivity contribution in [2.75, 3.05) is 27.4 Å². The number of nitrogens with zero attached hydrogens (tertiary/aromatic N) is 1. The van der Waals surface area contributed by atoms with E-state index < -0.39 is 18.9 Å². The van der Waals surface area contributed by atoms with E-state index in [-0.39, 0.29) is 0 Å². The van der Waals surface area contributed by atoms with Crippen LogP contribution in [-0.2, 0) is 20.7 Å². The van der Waals surface area contributed by atoms with E-state index in [2.05, 4.69) is 14.6 Å². The highest BCUT2D eigenvalue weighted by atomic mass is 16.8. The van der Waals surface area contributed by atoms with Gasteiger partial charge in [0, 0.05) is 30.6 Å². The number of aromatic nitrogens is 1. The highest BCUT2D eigenvalue weighted by Gasteiger charge is 2.14. The van der Waals surface area contributed by atoms with Crippen LogP contribution in [0.4, 0.5) is 4.79 Å². The minimum atomic E-state index is -0.918. The van der Waals surface area contributed by atoms with Crippen LogP contribution >= 0.6 is 0 Å². The molecule has 0 unspecified atom stereocenters. The van der Waals surface area contributed by atoms with Crippen molar-refractivity contribution >= 4 is 23.0 Å². The number of rotatable bonds is 6. The van der Waals surface area contributed by atoms with Crippen LogP contribution in [0.2, 0.25) is 0 Å². The zero-order valence-corrected chi connectivity index (χ0v) is 13.4. The summed E-state index contributed by atoms with van der Waals surface area (Å²) in [6, 6.07) is 5.39. The molecule has 0 radical (unpaired) electrons. The molecule has 0 amide bonds. The number of fused-ring (bicyclic) bond motifs is 1. The molecule has 2 rings (SSSR count). The van der Waals surface area contributed by atoms with Crippen LogP contribution in [-0.4, -0.2) is 49.4 Å². The number of carbonyl (C=O) groups is 2. The second-order valence-electron chi connectivity index (χ2n) is 5.30. The Morgan fingerprint density at radius 3 is 2.70 bits per heavy atom. The first-order chi connectivity index (χ1) is 11.0. The number of esters is 1. The van der Waals surface area contributed by atoms with Gasteiger partial charge < -0.3 is 24.1 Å². The number of aromatic amines is 1. The SMILES string of the molecule is CC(=O)OCOC(=O)Oc1cccc2[nH]cc(CCN(C)C)c12. The molecule has 0 saturated carbocycles. The molecule has 2 aromatic rings. The van der Waals surface area contributed by atoms with Gasteiger partial charge in [-0.3, -0.25) is 4.79 Å². The van der Waals surface area contributed by atoms with Crippen molar-refractivity contribution < 1.29 is 23.8 Å². The number of hydrogen-bond acceptors (Lipinski definition) is 6.